The molecule has 1 aliphatic heterocycles. The lowest BCUT2D eigenvalue weighted by atomic mass is 10.2. The first kappa shape index (κ1) is 14.3. The normalized spacial score (nSPS) is 25.8. The summed E-state index contributed by atoms with van der Waals surface area (Å²) in [6.07, 6.45) is 0.114. The van der Waals surface area contributed by atoms with Crippen LogP contribution in [0, 0.1) is 0 Å². The van der Waals surface area contributed by atoms with Crippen LogP contribution < -0.4 is 0 Å². The SMILES string of the molecule is CC1CN(C(=O)OC(C)(C)C)CC(CCO)O1. The van der Waals surface area contributed by atoms with Crippen LogP contribution in [0.5, 0.6) is 0 Å². The van der Waals surface area contributed by atoms with Gasteiger partial charge in [0, 0.05) is 6.61 Å². The highest BCUT2D eigenvalue weighted by Crippen LogP contribution is 2.17. The Morgan fingerprint density at radius 2 is 2.12 bits per heavy atom. The molecule has 0 aromatic rings. The predicted octanol–water partition coefficient (Wildman–Crippen LogP) is 1.39. The molecule has 0 aromatic heterocycles. The quantitative estimate of drug-likeness (QED) is 0.798. The van der Waals surface area contributed by atoms with Crippen LogP contribution >= 0.6 is 0 Å². The number of aliphatic hydroxyl groups is 1. The van der Waals surface area contributed by atoms with Gasteiger partial charge in [-0.25, -0.2) is 4.79 Å². The maximum atomic E-state index is 11.9. The lowest BCUT2D eigenvalue weighted by molar-refractivity contribution is -0.0858. The van der Waals surface area contributed by atoms with Crippen molar-refractivity contribution in [1.82, 2.24) is 4.90 Å². The molecule has 5 heteroatoms. The highest BCUT2D eigenvalue weighted by atomic mass is 16.6. The second kappa shape index (κ2) is 5.69. The molecule has 17 heavy (non-hydrogen) atoms. The first-order chi connectivity index (χ1) is 7.81. The molecule has 2 atom stereocenters. The molecule has 0 radical (unpaired) electrons. The van der Waals surface area contributed by atoms with Crippen molar-refractivity contribution in [3.8, 4) is 0 Å². The van der Waals surface area contributed by atoms with Crippen LogP contribution in [-0.2, 0) is 9.47 Å². The lowest BCUT2D eigenvalue weighted by Crippen LogP contribution is -2.50. The van der Waals surface area contributed by atoms with E-state index in [1.807, 2.05) is 27.7 Å². The van der Waals surface area contributed by atoms with Crippen LogP contribution in [-0.4, -0.2) is 53.6 Å². The maximum absolute atomic E-state index is 11.9. The number of nitrogens with zero attached hydrogens (tertiary/aromatic N) is 1. The van der Waals surface area contributed by atoms with Gasteiger partial charge in [-0.15, -0.1) is 0 Å². The highest BCUT2D eigenvalue weighted by Gasteiger charge is 2.30. The fourth-order valence-corrected chi connectivity index (χ4v) is 1.82. The van der Waals surface area contributed by atoms with Gasteiger partial charge >= 0.3 is 6.09 Å². The predicted molar refractivity (Wildman–Crippen MR) is 63.8 cm³/mol. The molecule has 0 spiro atoms. The van der Waals surface area contributed by atoms with E-state index in [0.717, 1.165) is 0 Å². The van der Waals surface area contributed by atoms with Gasteiger partial charge in [-0.3, -0.25) is 0 Å². The summed E-state index contributed by atoms with van der Waals surface area (Å²) >= 11 is 0. The molecule has 1 aliphatic rings. The van der Waals surface area contributed by atoms with Crippen molar-refractivity contribution in [3.05, 3.63) is 0 Å². The van der Waals surface area contributed by atoms with Gasteiger partial charge in [-0.2, -0.15) is 0 Å². The van der Waals surface area contributed by atoms with Crippen LogP contribution in [0.2, 0.25) is 0 Å². The Kier molecular flexibility index (Phi) is 4.77. The second-order valence-corrected chi connectivity index (χ2v) is 5.47. The molecule has 0 aliphatic carbocycles. The fourth-order valence-electron chi connectivity index (χ4n) is 1.82. The molecule has 0 aromatic carbocycles. The summed E-state index contributed by atoms with van der Waals surface area (Å²) in [6.45, 7) is 8.55. The van der Waals surface area contributed by atoms with Crippen molar-refractivity contribution in [2.24, 2.45) is 0 Å². The Bertz CT molecular complexity index is 262. The molecule has 1 N–H and O–H groups in total. The monoisotopic (exact) mass is 245 g/mol. The number of carbonyl (C=O) groups excluding carboxylic acids is 1. The summed E-state index contributed by atoms with van der Waals surface area (Å²) in [5.41, 5.74) is -0.481. The zero-order valence-corrected chi connectivity index (χ0v) is 11.1. The average molecular weight is 245 g/mol. The van der Waals surface area contributed by atoms with E-state index in [1.54, 1.807) is 4.90 Å². The van der Waals surface area contributed by atoms with E-state index in [9.17, 15) is 4.79 Å². The lowest BCUT2D eigenvalue weighted by Gasteiger charge is -2.37. The second-order valence-electron chi connectivity index (χ2n) is 5.47. The number of aliphatic hydroxyl groups excluding tert-OH is 1. The third kappa shape index (κ3) is 4.91. The third-order valence-electron chi connectivity index (χ3n) is 2.43. The summed E-state index contributed by atoms with van der Waals surface area (Å²) in [5, 5.41) is 8.90. The molecule has 2 unspecified atom stereocenters. The molecule has 0 saturated carbocycles. The minimum Gasteiger partial charge on any atom is -0.444 e. The molecular weight excluding hydrogens is 222 g/mol. The van der Waals surface area contributed by atoms with Crippen LogP contribution in [0.15, 0.2) is 0 Å². The molecule has 0 bridgehead atoms. The summed E-state index contributed by atoms with van der Waals surface area (Å²) in [4.78, 5) is 13.5. The number of hydrogen-bond donors (Lipinski definition) is 1. The number of amides is 1. The van der Waals surface area contributed by atoms with Crippen LogP contribution in [0.3, 0.4) is 0 Å². The first-order valence-electron chi connectivity index (χ1n) is 6.06. The minimum atomic E-state index is -0.481. The summed E-state index contributed by atoms with van der Waals surface area (Å²) < 4.78 is 10.9. The molecule has 1 heterocycles. The summed E-state index contributed by atoms with van der Waals surface area (Å²) in [6, 6.07) is 0. The summed E-state index contributed by atoms with van der Waals surface area (Å²) in [5.74, 6) is 0. The van der Waals surface area contributed by atoms with Crippen molar-refractivity contribution in [3.63, 3.8) is 0 Å². The third-order valence-corrected chi connectivity index (χ3v) is 2.43. The maximum Gasteiger partial charge on any atom is 0.410 e. The standard InChI is InChI=1S/C12H23NO4/c1-9-7-13(8-10(16-9)5-6-14)11(15)17-12(2,3)4/h9-10,14H,5-8H2,1-4H3. The van der Waals surface area contributed by atoms with E-state index in [4.69, 9.17) is 14.6 Å². The Morgan fingerprint density at radius 1 is 1.47 bits per heavy atom. The van der Waals surface area contributed by atoms with E-state index >= 15 is 0 Å². The Morgan fingerprint density at radius 3 is 2.65 bits per heavy atom. The summed E-state index contributed by atoms with van der Waals surface area (Å²) in [7, 11) is 0. The minimum absolute atomic E-state index is 0.0205. The molecule has 1 rings (SSSR count). The zero-order valence-electron chi connectivity index (χ0n) is 11.1. The molecule has 5 nitrogen and oxygen atoms in total. The van der Waals surface area contributed by atoms with E-state index < -0.39 is 5.60 Å². The van der Waals surface area contributed by atoms with E-state index in [1.165, 1.54) is 0 Å². The van der Waals surface area contributed by atoms with E-state index in [-0.39, 0.29) is 24.9 Å². The van der Waals surface area contributed by atoms with Gasteiger partial charge in [-0.1, -0.05) is 0 Å². The van der Waals surface area contributed by atoms with Gasteiger partial charge < -0.3 is 19.5 Å². The largest absolute Gasteiger partial charge is 0.444 e. The highest BCUT2D eigenvalue weighted by molar-refractivity contribution is 5.68. The molecular formula is C12H23NO4. The van der Waals surface area contributed by atoms with Gasteiger partial charge in [0.25, 0.3) is 0 Å². The number of ether oxygens (including phenoxy) is 2. The Balaban J connectivity index is 2.54. The number of morpholine rings is 1. The van der Waals surface area contributed by atoms with Gasteiger partial charge in [0.1, 0.15) is 5.60 Å². The van der Waals surface area contributed by atoms with Gasteiger partial charge in [0.2, 0.25) is 0 Å². The molecule has 100 valence electrons. The number of carbonyl (C=O) groups is 1. The van der Waals surface area contributed by atoms with Gasteiger partial charge in [-0.05, 0) is 34.1 Å². The Hall–Kier alpha value is -0.810. The van der Waals surface area contributed by atoms with Crippen LogP contribution in [0.25, 0.3) is 0 Å². The van der Waals surface area contributed by atoms with E-state index in [0.29, 0.717) is 19.5 Å². The fraction of sp³-hybridized carbons (Fsp3) is 0.917. The number of rotatable bonds is 2. The number of hydrogen-bond acceptors (Lipinski definition) is 4. The van der Waals surface area contributed by atoms with E-state index in [2.05, 4.69) is 0 Å². The van der Waals surface area contributed by atoms with Crippen molar-refractivity contribution in [2.45, 2.75) is 51.9 Å². The zero-order chi connectivity index (χ0) is 13.1. The van der Waals surface area contributed by atoms with Crippen molar-refractivity contribution < 1.29 is 19.4 Å². The van der Waals surface area contributed by atoms with Crippen LogP contribution in [0.1, 0.15) is 34.1 Å². The van der Waals surface area contributed by atoms with Crippen molar-refractivity contribution in [1.29, 1.82) is 0 Å². The smallest absolute Gasteiger partial charge is 0.410 e. The van der Waals surface area contributed by atoms with Crippen molar-refractivity contribution >= 4 is 6.09 Å². The first-order valence-corrected chi connectivity index (χ1v) is 6.06. The molecule has 1 amide bonds. The topological polar surface area (TPSA) is 59.0 Å². The average Bonchev–Trinajstić information content (AvgIpc) is 2.14. The van der Waals surface area contributed by atoms with Crippen LogP contribution in [0.4, 0.5) is 4.79 Å². The molecule has 1 fully saturated rings. The van der Waals surface area contributed by atoms with Gasteiger partial charge in [0.15, 0.2) is 0 Å². The molecule has 1 saturated heterocycles. The Labute approximate surface area is 103 Å². The van der Waals surface area contributed by atoms with Gasteiger partial charge in [0.05, 0.1) is 25.3 Å². The van der Waals surface area contributed by atoms with Crippen molar-refractivity contribution in [2.75, 3.05) is 19.7 Å².